The largest absolute Gasteiger partial charge is 0.352 e. The van der Waals surface area contributed by atoms with Crippen molar-refractivity contribution < 1.29 is 4.92 Å². The molecule has 110 valence electrons. The second-order valence-electron chi connectivity index (χ2n) is 4.84. The number of nitro groups is 1. The fraction of sp³-hybridized carbons (Fsp3) is 0.0625. The Hall–Kier alpha value is -2.73. The molecule has 5 nitrogen and oxygen atoms in total. The minimum Gasteiger partial charge on any atom is -0.352 e. The van der Waals surface area contributed by atoms with Gasteiger partial charge in [0.1, 0.15) is 0 Å². The zero-order valence-electron chi connectivity index (χ0n) is 11.5. The topological polar surface area (TPSA) is 67.2 Å². The first kappa shape index (κ1) is 14.2. The van der Waals surface area contributed by atoms with Crippen LogP contribution in [0.1, 0.15) is 17.2 Å². The monoisotopic (exact) mass is 311 g/mol. The fourth-order valence-electron chi connectivity index (χ4n) is 2.42. The van der Waals surface area contributed by atoms with Gasteiger partial charge in [0.05, 0.1) is 16.5 Å². The molecule has 1 aliphatic rings. The Morgan fingerprint density at radius 3 is 2.45 bits per heavy atom. The predicted octanol–water partition coefficient (Wildman–Crippen LogP) is 3.15. The lowest BCUT2D eigenvalue weighted by molar-refractivity contribution is -0.385. The summed E-state index contributed by atoms with van der Waals surface area (Å²) >= 11 is 5.24. The molecule has 1 atom stereocenters. The standard InChI is InChI=1S/C16H13N3O2S/c20-19(21)15-9-5-4-8-12(15)14-10-13(17-16(22)18-14)11-6-2-1-3-7-11/h1-10,14H,(H2,17,18,22). The molecule has 0 bridgehead atoms. The zero-order valence-corrected chi connectivity index (χ0v) is 12.3. The predicted molar refractivity (Wildman–Crippen MR) is 89.1 cm³/mol. The van der Waals surface area contributed by atoms with Gasteiger partial charge in [-0.3, -0.25) is 10.1 Å². The van der Waals surface area contributed by atoms with E-state index in [-0.39, 0.29) is 16.7 Å². The maximum atomic E-state index is 11.2. The summed E-state index contributed by atoms with van der Waals surface area (Å²) in [4.78, 5) is 10.8. The molecule has 0 saturated carbocycles. The molecular weight excluding hydrogens is 298 g/mol. The summed E-state index contributed by atoms with van der Waals surface area (Å²) in [5.74, 6) is 0. The number of nitro benzene ring substituents is 1. The number of benzene rings is 2. The van der Waals surface area contributed by atoms with Gasteiger partial charge in [0.25, 0.3) is 5.69 Å². The van der Waals surface area contributed by atoms with Crippen LogP contribution in [-0.2, 0) is 0 Å². The minimum absolute atomic E-state index is 0.0772. The molecule has 2 N–H and O–H groups in total. The molecule has 0 radical (unpaired) electrons. The van der Waals surface area contributed by atoms with Gasteiger partial charge >= 0.3 is 0 Å². The van der Waals surface area contributed by atoms with Gasteiger partial charge in [0.2, 0.25) is 0 Å². The zero-order chi connectivity index (χ0) is 15.5. The molecule has 1 unspecified atom stereocenters. The van der Waals surface area contributed by atoms with Gasteiger partial charge in [-0.2, -0.15) is 0 Å². The van der Waals surface area contributed by atoms with Crippen molar-refractivity contribution in [1.29, 1.82) is 0 Å². The Bertz CT molecular complexity index is 759. The lowest BCUT2D eigenvalue weighted by Crippen LogP contribution is -2.40. The SMILES string of the molecule is O=[N+]([O-])c1ccccc1C1C=C(c2ccccc2)NC(=S)N1. The summed E-state index contributed by atoms with van der Waals surface area (Å²) in [5.41, 5.74) is 2.49. The van der Waals surface area contributed by atoms with Crippen molar-refractivity contribution in [2.24, 2.45) is 0 Å². The first-order valence-corrected chi connectivity index (χ1v) is 7.14. The van der Waals surface area contributed by atoms with E-state index < -0.39 is 0 Å². The van der Waals surface area contributed by atoms with Crippen LogP contribution in [0.2, 0.25) is 0 Å². The van der Waals surface area contributed by atoms with Crippen molar-refractivity contribution in [3.63, 3.8) is 0 Å². The van der Waals surface area contributed by atoms with Crippen molar-refractivity contribution in [2.45, 2.75) is 6.04 Å². The van der Waals surface area contributed by atoms with E-state index in [0.29, 0.717) is 10.7 Å². The highest BCUT2D eigenvalue weighted by Gasteiger charge is 2.24. The van der Waals surface area contributed by atoms with E-state index in [2.05, 4.69) is 10.6 Å². The molecule has 1 aliphatic heterocycles. The van der Waals surface area contributed by atoms with E-state index in [1.807, 2.05) is 36.4 Å². The van der Waals surface area contributed by atoms with Crippen LogP contribution in [0.5, 0.6) is 0 Å². The maximum Gasteiger partial charge on any atom is 0.274 e. The summed E-state index contributed by atoms with van der Waals surface area (Å²) < 4.78 is 0. The van der Waals surface area contributed by atoms with Gasteiger partial charge in [0, 0.05) is 11.8 Å². The van der Waals surface area contributed by atoms with E-state index in [9.17, 15) is 10.1 Å². The normalized spacial score (nSPS) is 17.2. The minimum atomic E-state index is -0.377. The molecule has 0 saturated heterocycles. The number of nitrogens with zero attached hydrogens (tertiary/aromatic N) is 1. The Balaban J connectivity index is 2.04. The van der Waals surface area contributed by atoms with Crippen LogP contribution in [0.3, 0.4) is 0 Å². The molecule has 0 amide bonds. The summed E-state index contributed by atoms with van der Waals surface area (Å²) in [7, 11) is 0. The number of nitrogens with one attached hydrogen (secondary N) is 2. The number of hydrogen-bond donors (Lipinski definition) is 2. The van der Waals surface area contributed by atoms with Gasteiger partial charge in [0.15, 0.2) is 5.11 Å². The van der Waals surface area contributed by atoms with E-state index in [0.717, 1.165) is 11.3 Å². The molecule has 2 aromatic carbocycles. The molecule has 0 fully saturated rings. The summed E-state index contributed by atoms with van der Waals surface area (Å²) in [6, 6.07) is 16.1. The van der Waals surface area contributed by atoms with Gasteiger partial charge in [-0.1, -0.05) is 42.5 Å². The highest BCUT2D eigenvalue weighted by Crippen LogP contribution is 2.29. The first-order valence-electron chi connectivity index (χ1n) is 6.73. The van der Waals surface area contributed by atoms with Crippen LogP contribution < -0.4 is 10.6 Å². The van der Waals surface area contributed by atoms with Crippen LogP contribution >= 0.6 is 12.2 Å². The average Bonchev–Trinajstić information content (AvgIpc) is 2.55. The third kappa shape index (κ3) is 2.82. The molecule has 0 spiro atoms. The number of thiocarbonyl (C=S) groups is 1. The van der Waals surface area contributed by atoms with Crippen LogP contribution in [0, 0.1) is 10.1 Å². The lowest BCUT2D eigenvalue weighted by Gasteiger charge is -2.26. The molecule has 6 heteroatoms. The van der Waals surface area contributed by atoms with Crippen molar-refractivity contribution in [2.75, 3.05) is 0 Å². The quantitative estimate of drug-likeness (QED) is 0.518. The molecule has 1 heterocycles. The van der Waals surface area contributed by atoms with Gasteiger partial charge in [-0.25, -0.2) is 0 Å². The smallest absolute Gasteiger partial charge is 0.274 e. The average molecular weight is 311 g/mol. The van der Waals surface area contributed by atoms with E-state index in [1.54, 1.807) is 18.2 Å². The van der Waals surface area contributed by atoms with Crippen molar-refractivity contribution in [1.82, 2.24) is 10.6 Å². The van der Waals surface area contributed by atoms with Crippen molar-refractivity contribution in [3.05, 3.63) is 81.9 Å². The van der Waals surface area contributed by atoms with E-state index in [4.69, 9.17) is 12.2 Å². The second kappa shape index (κ2) is 5.95. The van der Waals surface area contributed by atoms with E-state index >= 15 is 0 Å². The molecule has 3 rings (SSSR count). The Kier molecular flexibility index (Phi) is 3.84. The Morgan fingerprint density at radius 2 is 1.73 bits per heavy atom. The van der Waals surface area contributed by atoms with Crippen LogP contribution in [0.15, 0.2) is 60.7 Å². The third-order valence-corrected chi connectivity index (χ3v) is 3.64. The van der Waals surface area contributed by atoms with Gasteiger partial charge in [-0.05, 0) is 29.9 Å². The van der Waals surface area contributed by atoms with Crippen LogP contribution in [-0.4, -0.2) is 10.0 Å². The molecule has 0 aromatic heterocycles. The highest BCUT2D eigenvalue weighted by molar-refractivity contribution is 7.80. The summed E-state index contributed by atoms with van der Waals surface area (Å²) in [6.45, 7) is 0. The summed E-state index contributed by atoms with van der Waals surface area (Å²) in [5, 5.41) is 17.8. The molecule has 2 aromatic rings. The fourth-order valence-corrected chi connectivity index (χ4v) is 2.66. The second-order valence-corrected chi connectivity index (χ2v) is 5.25. The first-order chi connectivity index (χ1) is 10.6. The van der Waals surface area contributed by atoms with Crippen molar-refractivity contribution >= 4 is 28.7 Å². The van der Waals surface area contributed by atoms with Crippen LogP contribution in [0.25, 0.3) is 5.70 Å². The number of hydrogen-bond acceptors (Lipinski definition) is 3. The van der Waals surface area contributed by atoms with E-state index in [1.165, 1.54) is 6.07 Å². The van der Waals surface area contributed by atoms with Crippen LogP contribution in [0.4, 0.5) is 5.69 Å². The molecular formula is C16H13N3O2S. The van der Waals surface area contributed by atoms with Gasteiger partial charge in [-0.15, -0.1) is 0 Å². The molecule has 22 heavy (non-hydrogen) atoms. The Labute approximate surface area is 132 Å². The number of para-hydroxylation sites is 1. The third-order valence-electron chi connectivity index (χ3n) is 3.42. The van der Waals surface area contributed by atoms with Crippen molar-refractivity contribution in [3.8, 4) is 0 Å². The maximum absolute atomic E-state index is 11.2. The lowest BCUT2D eigenvalue weighted by atomic mass is 10.0. The highest BCUT2D eigenvalue weighted by atomic mass is 32.1. The number of rotatable bonds is 3. The molecule has 0 aliphatic carbocycles. The Morgan fingerprint density at radius 1 is 1.05 bits per heavy atom. The summed E-state index contributed by atoms with van der Waals surface area (Å²) in [6.07, 6.45) is 1.91. The van der Waals surface area contributed by atoms with Gasteiger partial charge < -0.3 is 10.6 Å².